The Hall–Kier alpha value is -2.73. The molecule has 1 unspecified atom stereocenters. The fourth-order valence-electron chi connectivity index (χ4n) is 2.74. The molecular weight excluding hydrogens is 294 g/mol. The first-order chi connectivity index (χ1) is 11.6. The monoisotopic (exact) mass is 317 g/mol. The maximum absolute atomic E-state index is 9.19. The van der Waals surface area contributed by atoms with Crippen LogP contribution in [0.2, 0.25) is 0 Å². The number of hydrogen-bond acceptors (Lipinski definition) is 3. The Morgan fingerprint density at radius 1 is 1.25 bits per heavy atom. The molecule has 0 fully saturated rings. The lowest BCUT2D eigenvalue weighted by Crippen LogP contribution is -2.09. The van der Waals surface area contributed by atoms with Crippen LogP contribution in [0.5, 0.6) is 0 Å². The van der Waals surface area contributed by atoms with E-state index in [2.05, 4.69) is 55.0 Å². The molecule has 0 saturated carbocycles. The van der Waals surface area contributed by atoms with Crippen LogP contribution in [0.3, 0.4) is 0 Å². The summed E-state index contributed by atoms with van der Waals surface area (Å²) < 4.78 is 0. The van der Waals surface area contributed by atoms with Gasteiger partial charge in [0.2, 0.25) is 0 Å². The summed E-state index contributed by atoms with van der Waals surface area (Å²) in [6.07, 6.45) is 4.82. The van der Waals surface area contributed by atoms with Crippen molar-refractivity contribution in [2.24, 2.45) is 4.99 Å². The third-order valence-corrected chi connectivity index (χ3v) is 4.15. The van der Waals surface area contributed by atoms with Crippen LogP contribution in [0, 0.1) is 25.2 Å². The highest BCUT2D eigenvalue weighted by Crippen LogP contribution is 2.34. The average molecular weight is 317 g/mol. The number of nitriles is 1. The van der Waals surface area contributed by atoms with Crippen LogP contribution in [0.1, 0.15) is 54.3 Å². The van der Waals surface area contributed by atoms with Crippen LogP contribution < -0.4 is 0 Å². The number of hydrogen-bond donors (Lipinski definition) is 0. The number of pyridine rings is 1. The van der Waals surface area contributed by atoms with Gasteiger partial charge in [-0.3, -0.25) is 4.99 Å². The van der Waals surface area contributed by atoms with Gasteiger partial charge in [0.25, 0.3) is 0 Å². The van der Waals surface area contributed by atoms with Crippen molar-refractivity contribution in [3.8, 4) is 6.07 Å². The second-order valence-corrected chi connectivity index (χ2v) is 5.72. The van der Waals surface area contributed by atoms with Gasteiger partial charge in [-0.25, -0.2) is 4.98 Å². The summed E-state index contributed by atoms with van der Waals surface area (Å²) in [5, 5.41) is 9.19. The highest BCUT2D eigenvalue weighted by atomic mass is 14.8. The molecule has 122 valence electrons. The van der Waals surface area contributed by atoms with Crippen molar-refractivity contribution in [1.29, 1.82) is 5.26 Å². The van der Waals surface area contributed by atoms with Crippen LogP contribution in [-0.4, -0.2) is 11.2 Å². The Bertz CT molecular complexity index is 810. The van der Waals surface area contributed by atoms with Gasteiger partial charge in [-0.15, -0.1) is 0 Å². The molecule has 2 aromatic rings. The van der Waals surface area contributed by atoms with Gasteiger partial charge >= 0.3 is 0 Å². The molecule has 24 heavy (non-hydrogen) atoms. The summed E-state index contributed by atoms with van der Waals surface area (Å²) in [4.78, 5) is 9.19. The van der Waals surface area contributed by atoms with Crippen LogP contribution in [-0.2, 0) is 0 Å². The van der Waals surface area contributed by atoms with E-state index in [1.54, 1.807) is 6.07 Å². The minimum atomic E-state index is -0.0778. The predicted molar refractivity (Wildman–Crippen MR) is 99.3 cm³/mol. The van der Waals surface area contributed by atoms with Gasteiger partial charge in [0.15, 0.2) is 0 Å². The second-order valence-electron chi connectivity index (χ2n) is 5.72. The van der Waals surface area contributed by atoms with E-state index in [9.17, 15) is 5.26 Å². The Labute approximate surface area is 144 Å². The van der Waals surface area contributed by atoms with E-state index in [4.69, 9.17) is 0 Å². The topological polar surface area (TPSA) is 49.0 Å². The van der Waals surface area contributed by atoms with Gasteiger partial charge < -0.3 is 0 Å². The van der Waals surface area contributed by atoms with E-state index in [0.717, 1.165) is 17.8 Å². The maximum atomic E-state index is 9.19. The molecule has 2 rings (SSSR count). The van der Waals surface area contributed by atoms with Gasteiger partial charge in [-0.05, 0) is 56.0 Å². The lowest BCUT2D eigenvalue weighted by atomic mass is 9.87. The largest absolute Gasteiger partial charge is 0.265 e. The van der Waals surface area contributed by atoms with Crippen LogP contribution in [0.4, 0.5) is 0 Å². The molecule has 0 aliphatic heterocycles. The van der Waals surface area contributed by atoms with Crippen LogP contribution in [0.25, 0.3) is 0 Å². The van der Waals surface area contributed by atoms with Gasteiger partial charge in [-0.2, -0.15) is 5.26 Å². The molecule has 1 heterocycles. The van der Waals surface area contributed by atoms with E-state index in [0.29, 0.717) is 5.69 Å². The molecular formula is C21H23N3. The molecule has 0 radical (unpaired) electrons. The molecule has 0 saturated heterocycles. The van der Waals surface area contributed by atoms with Crippen LogP contribution in [0.15, 0.2) is 53.2 Å². The van der Waals surface area contributed by atoms with E-state index in [1.807, 2.05) is 31.3 Å². The molecule has 3 heteroatoms. The first-order valence-corrected chi connectivity index (χ1v) is 8.24. The summed E-state index contributed by atoms with van der Waals surface area (Å²) in [6.45, 7) is 8.30. The fourth-order valence-corrected chi connectivity index (χ4v) is 2.74. The Kier molecular flexibility index (Phi) is 6.03. The van der Waals surface area contributed by atoms with Crippen molar-refractivity contribution < 1.29 is 0 Å². The smallest absolute Gasteiger partial charge is 0.140 e. The molecule has 0 aliphatic rings. The van der Waals surface area contributed by atoms with Crippen molar-refractivity contribution >= 4 is 6.21 Å². The third kappa shape index (κ3) is 3.78. The zero-order valence-corrected chi connectivity index (χ0v) is 14.7. The standard InChI is InChI=1S/C21H23N3/c1-5-13-23-19(6-2)21(18-11-7-9-15(3)16(18)4)20-12-8-10-17(14-22)24-20/h6-13,21H,5H2,1-4H3/b19-6-,23-13?. The number of aromatic nitrogens is 1. The van der Waals surface area contributed by atoms with Crippen molar-refractivity contribution in [3.63, 3.8) is 0 Å². The van der Waals surface area contributed by atoms with Crippen molar-refractivity contribution in [3.05, 3.63) is 76.2 Å². The number of aryl methyl sites for hydroxylation is 1. The maximum Gasteiger partial charge on any atom is 0.140 e. The van der Waals surface area contributed by atoms with Gasteiger partial charge in [0, 0.05) is 11.9 Å². The minimum absolute atomic E-state index is 0.0778. The van der Waals surface area contributed by atoms with Crippen molar-refractivity contribution in [1.82, 2.24) is 4.98 Å². The van der Waals surface area contributed by atoms with E-state index >= 15 is 0 Å². The second kappa shape index (κ2) is 8.21. The SMILES string of the molecule is C/C=C(\N=CCC)C(c1cccc(C#N)n1)c1cccc(C)c1C. The number of nitrogens with zero attached hydrogens (tertiary/aromatic N) is 3. The normalized spacial score (nSPS) is 13.0. The van der Waals surface area contributed by atoms with Crippen molar-refractivity contribution in [2.45, 2.75) is 40.0 Å². The summed E-state index contributed by atoms with van der Waals surface area (Å²) in [7, 11) is 0. The van der Waals surface area contributed by atoms with E-state index < -0.39 is 0 Å². The quantitative estimate of drug-likeness (QED) is 0.721. The first-order valence-electron chi connectivity index (χ1n) is 8.24. The number of rotatable bonds is 5. The summed E-state index contributed by atoms with van der Waals surface area (Å²) in [5.41, 5.74) is 5.88. The lowest BCUT2D eigenvalue weighted by Gasteiger charge is -2.21. The first kappa shape index (κ1) is 17.6. The molecule has 1 atom stereocenters. The summed E-state index contributed by atoms with van der Waals surface area (Å²) in [5.74, 6) is -0.0778. The molecule has 1 aromatic carbocycles. The molecule has 0 aliphatic carbocycles. The van der Waals surface area contributed by atoms with Gasteiger partial charge in [-0.1, -0.05) is 37.3 Å². The molecule has 0 N–H and O–H groups in total. The Morgan fingerprint density at radius 3 is 2.67 bits per heavy atom. The van der Waals surface area contributed by atoms with E-state index in [-0.39, 0.29) is 5.92 Å². The zero-order valence-electron chi connectivity index (χ0n) is 14.7. The molecule has 1 aromatic heterocycles. The summed E-state index contributed by atoms with van der Waals surface area (Å²) >= 11 is 0. The van der Waals surface area contributed by atoms with Gasteiger partial charge in [0.1, 0.15) is 11.8 Å². The highest BCUT2D eigenvalue weighted by Gasteiger charge is 2.22. The Balaban J connectivity index is 2.67. The molecule has 0 amide bonds. The Morgan fingerprint density at radius 2 is 2.00 bits per heavy atom. The molecule has 3 nitrogen and oxygen atoms in total. The number of aliphatic imine (C=N–C) groups is 1. The number of benzene rings is 1. The van der Waals surface area contributed by atoms with Crippen LogP contribution >= 0.6 is 0 Å². The lowest BCUT2D eigenvalue weighted by molar-refractivity contribution is 0.864. The predicted octanol–water partition coefficient (Wildman–Crippen LogP) is 5.09. The third-order valence-electron chi connectivity index (χ3n) is 4.15. The highest BCUT2D eigenvalue weighted by molar-refractivity contribution is 5.60. The minimum Gasteiger partial charge on any atom is -0.265 e. The molecule has 0 spiro atoms. The van der Waals surface area contributed by atoms with Crippen molar-refractivity contribution in [2.75, 3.05) is 0 Å². The van der Waals surface area contributed by atoms with E-state index in [1.165, 1.54) is 16.7 Å². The van der Waals surface area contributed by atoms with Gasteiger partial charge in [0.05, 0.1) is 11.6 Å². The number of allylic oxidation sites excluding steroid dienone is 2. The zero-order chi connectivity index (χ0) is 17.5. The average Bonchev–Trinajstić information content (AvgIpc) is 2.61. The summed E-state index contributed by atoms with van der Waals surface area (Å²) in [6, 6.07) is 14.0. The fraction of sp³-hybridized carbons (Fsp3) is 0.286. The molecule has 0 bridgehead atoms.